The first-order valence-electron chi connectivity index (χ1n) is 12.8. The summed E-state index contributed by atoms with van der Waals surface area (Å²) in [6, 6.07) is 16.1. The maximum absolute atomic E-state index is 14.1. The molecular formula is C29H31Cl3FN3O4S. The molecule has 0 spiro atoms. The molecule has 0 aliphatic heterocycles. The highest BCUT2D eigenvalue weighted by Gasteiger charge is 2.34. The lowest BCUT2D eigenvalue weighted by Crippen LogP contribution is -2.54. The van der Waals surface area contributed by atoms with Gasteiger partial charge in [-0.3, -0.25) is 13.9 Å². The molecule has 2 atom stereocenters. The van der Waals surface area contributed by atoms with E-state index in [9.17, 15) is 22.4 Å². The van der Waals surface area contributed by atoms with Crippen LogP contribution in [0.3, 0.4) is 0 Å². The molecule has 0 aliphatic carbocycles. The molecule has 0 bridgehead atoms. The molecule has 2 unspecified atom stereocenters. The Kier molecular flexibility index (Phi) is 11.4. The molecule has 7 nitrogen and oxygen atoms in total. The number of halogens is 4. The second-order valence-electron chi connectivity index (χ2n) is 9.65. The maximum Gasteiger partial charge on any atom is 0.244 e. The predicted molar refractivity (Wildman–Crippen MR) is 162 cm³/mol. The van der Waals surface area contributed by atoms with Gasteiger partial charge in [0.1, 0.15) is 18.4 Å². The van der Waals surface area contributed by atoms with Crippen molar-refractivity contribution in [3.05, 3.63) is 98.7 Å². The maximum atomic E-state index is 14.1. The van der Waals surface area contributed by atoms with Crippen LogP contribution in [0, 0.1) is 5.82 Å². The van der Waals surface area contributed by atoms with E-state index in [1.807, 2.05) is 44.2 Å². The van der Waals surface area contributed by atoms with Crippen LogP contribution in [0.1, 0.15) is 31.4 Å². The zero-order chi connectivity index (χ0) is 30.3. The van der Waals surface area contributed by atoms with Crippen molar-refractivity contribution in [2.45, 2.75) is 45.3 Å². The van der Waals surface area contributed by atoms with Gasteiger partial charge in [-0.1, -0.05) is 78.1 Å². The van der Waals surface area contributed by atoms with Crippen LogP contribution in [0.25, 0.3) is 0 Å². The molecule has 3 aromatic rings. The van der Waals surface area contributed by atoms with Crippen molar-refractivity contribution in [3.8, 4) is 0 Å². The van der Waals surface area contributed by atoms with Gasteiger partial charge in [-0.05, 0) is 54.8 Å². The van der Waals surface area contributed by atoms with Crippen LogP contribution >= 0.6 is 34.8 Å². The van der Waals surface area contributed by atoms with Gasteiger partial charge in [-0.15, -0.1) is 0 Å². The number of sulfonamides is 1. The van der Waals surface area contributed by atoms with Gasteiger partial charge in [-0.2, -0.15) is 0 Å². The van der Waals surface area contributed by atoms with E-state index in [2.05, 4.69) is 5.32 Å². The number of rotatable bonds is 12. The van der Waals surface area contributed by atoms with Gasteiger partial charge in [0.05, 0.1) is 17.0 Å². The lowest BCUT2D eigenvalue weighted by molar-refractivity contribution is -0.140. The van der Waals surface area contributed by atoms with Gasteiger partial charge >= 0.3 is 0 Å². The molecule has 3 rings (SSSR count). The average molecular weight is 643 g/mol. The fourth-order valence-corrected chi connectivity index (χ4v) is 5.57. The van der Waals surface area contributed by atoms with Crippen LogP contribution < -0.4 is 9.62 Å². The number of hydrogen-bond donors (Lipinski definition) is 1. The van der Waals surface area contributed by atoms with Gasteiger partial charge in [0, 0.05) is 29.1 Å². The van der Waals surface area contributed by atoms with Crippen LogP contribution in [0.5, 0.6) is 0 Å². The van der Waals surface area contributed by atoms with E-state index >= 15 is 0 Å². The summed E-state index contributed by atoms with van der Waals surface area (Å²) in [5.41, 5.74) is 1.30. The molecule has 2 amide bonds. The molecule has 0 saturated carbocycles. The van der Waals surface area contributed by atoms with Gasteiger partial charge in [-0.25, -0.2) is 12.8 Å². The second-order valence-corrected chi connectivity index (χ2v) is 12.8. The molecule has 41 heavy (non-hydrogen) atoms. The third-order valence-corrected chi connectivity index (χ3v) is 8.52. The monoisotopic (exact) mass is 641 g/mol. The van der Waals surface area contributed by atoms with Crippen LogP contribution in [-0.2, 0) is 32.6 Å². The molecular weight excluding hydrogens is 612 g/mol. The zero-order valence-electron chi connectivity index (χ0n) is 22.8. The van der Waals surface area contributed by atoms with Crippen LogP contribution in [0.4, 0.5) is 10.1 Å². The summed E-state index contributed by atoms with van der Waals surface area (Å²) in [7, 11) is -4.03. The van der Waals surface area contributed by atoms with Crippen LogP contribution in [-0.4, -0.2) is 50.0 Å². The zero-order valence-corrected chi connectivity index (χ0v) is 25.9. The first kappa shape index (κ1) is 32.7. The number of hydrogen-bond acceptors (Lipinski definition) is 4. The minimum absolute atomic E-state index is 0.000362. The van der Waals surface area contributed by atoms with E-state index in [4.69, 9.17) is 34.8 Å². The highest BCUT2D eigenvalue weighted by molar-refractivity contribution is 7.92. The molecule has 0 fully saturated rings. The van der Waals surface area contributed by atoms with E-state index in [-0.39, 0.29) is 34.7 Å². The summed E-state index contributed by atoms with van der Waals surface area (Å²) in [6.45, 7) is 2.99. The first-order valence-corrected chi connectivity index (χ1v) is 15.8. The van der Waals surface area contributed by atoms with E-state index in [1.165, 1.54) is 17.0 Å². The minimum atomic E-state index is -4.03. The summed E-state index contributed by atoms with van der Waals surface area (Å²) in [6.07, 6.45) is 1.74. The van der Waals surface area contributed by atoms with Crippen LogP contribution in [0.2, 0.25) is 15.1 Å². The number of anilines is 1. The number of amides is 2. The van der Waals surface area contributed by atoms with Crippen molar-refractivity contribution in [3.63, 3.8) is 0 Å². The lowest BCUT2D eigenvalue weighted by atomic mass is 10.0. The Morgan fingerprint density at radius 3 is 2.24 bits per heavy atom. The minimum Gasteiger partial charge on any atom is -0.352 e. The molecule has 3 aromatic carbocycles. The summed E-state index contributed by atoms with van der Waals surface area (Å²) < 4.78 is 40.3. The smallest absolute Gasteiger partial charge is 0.244 e. The van der Waals surface area contributed by atoms with Crippen molar-refractivity contribution in [1.29, 1.82) is 0 Å². The lowest BCUT2D eigenvalue weighted by Gasteiger charge is -2.34. The molecule has 0 saturated heterocycles. The Bertz CT molecular complexity index is 1490. The number of nitrogens with one attached hydrogen (secondary N) is 1. The average Bonchev–Trinajstić information content (AvgIpc) is 2.91. The topological polar surface area (TPSA) is 86.8 Å². The van der Waals surface area contributed by atoms with Crippen molar-refractivity contribution in [2.24, 2.45) is 0 Å². The Labute approximate surface area is 255 Å². The van der Waals surface area contributed by atoms with Crippen molar-refractivity contribution >= 4 is 62.3 Å². The van der Waals surface area contributed by atoms with E-state index in [0.717, 1.165) is 28.3 Å². The Balaban J connectivity index is 2.10. The van der Waals surface area contributed by atoms with Gasteiger partial charge in [0.25, 0.3) is 0 Å². The molecule has 0 radical (unpaired) electrons. The van der Waals surface area contributed by atoms with Crippen molar-refractivity contribution in [1.82, 2.24) is 10.2 Å². The largest absolute Gasteiger partial charge is 0.352 e. The van der Waals surface area contributed by atoms with E-state index in [0.29, 0.717) is 17.0 Å². The number of carbonyl (C=O) groups excluding carboxylic acids is 2. The molecule has 0 aromatic heterocycles. The highest BCUT2D eigenvalue weighted by Crippen LogP contribution is 2.27. The summed E-state index contributed by atoms with van der Waals surface area (Å²) >= 11 is 18.5. The number of carbonyl (C=O) groups is 2. The van der Waals surface area contributed by atoms with Crippen molar-refractivity contribution in [2.75, 3.05) is 17.1 Å². The Morgan fingerprint density at radius 2 is 1.66 bits per heavy atom. The Morgan fingerprint density at radius 1 is 0.976 bits per heavy atom. The summed E-state index contributed by atoms with van der Waals surface area (Å²) in [5, 5.41) is 3.31. The standard InChI is InChI=1S/C29H31Cl3FN3O4S/c1-4-19(2)34-29(38)27(14-20-8-6-5-7-9-20)35(17-21-10-11-22(30)15-24(21)31)28(37)18-36(41(3,39)40)23-12-13-26(33)25(32)16-23/h5-13,15-16,19,27H,4,14,17-18H2,1-3H3,(H,34,38). The van der Waals surface area contributed by atoms with Gasteiger partial charge < -0.3 is 10.2 Å². The number of benzene rings is 3. The van der Waals surface area contributed by atoms with Crippen LogP contribution in [0.15, 0.2) is 66.7 Å². The molecule has 1 N–H and O–H groups in total. The highest BCUT2D eigenvalue weighted by atomic mass is 35.5. The van der Waals surface area contributed by atoms with Gasteiger partial charge in [0.2, 0.25) is 21.8 Å². The third-order valence-electron chi connectivity index (χ3n) is 6.50. The SMILES string of the molecule is CCC(C)NC(=O)C(Cc1ccccc1)N(Cc1ccc(Cl)cc1Cl)C(=O)CN(c1ccc(F)c(Cl)c1)S(C)(=O)=O. The predicted octanol–water partition coefficient (Wildman–Crippen LogP) is 6.11. The van der Waals surface area contributed by atoms with E-state index in [1.54, 1.807) is 12.1 Å². The number of nitrogens with zero attached hydrogens (tertiary/aromatic N) is 2. The molecule has 0 aliphatic rings. The fourth-order valence-electron chi connectivity index (χ4n) is 4.08. The summed E-state index contributed by atoms with van der Waals surface area (Å²) in [5.74, 6) is -1.82. The quantitative estimate of drug-likeness (QED) is 0.259. The second kappa shape index (κ2) is 14.4. The van der Waals surface area contributed by atoms with Crippen molar-refractivity contribution < 1.29 is 22.4 Å². The molecule has 220 valence electrons. The normalized spacial score (nSPS) is 12.9. The van der Waals surface area contributed by atoms with Gasteiger partial charge in [0.15, 0.2) is 0 Å². The first-order chi connectivity index (χ1) is 19.3. The Hall–Kier alpha value is -2.85. The fraction of sp³-hybridized carbons (Fsp3) is 0.310. The molecule has 0 heterocycles. The third kappa shape index (κ3) is 9.07. The molecule has 12 heteroatoms. The summed E-state index contributed by atoms with van der Waals surface area (Å²) in [4.78, 5) is 29.0. The van der Waals surface area contributed by atoms with E-state index < -0.39 is 40.2 Å².